The molecule has 1 amide bonds. The van der Waals surface area contributed by atoms with E-state index in [-0.39, 0.29) is 5.91 Å². The highest BCUT2D eigenvalue weighted by atomic mass is 79.9. The van der Waals surface area contributed by atoms with E-state index in [0.717, 1.165) is 27.0 Å². The van der Waals surface area contributed by atoms with Gasteiger partial charge in [-0.1, -0.05) is 40.2 Å². The van der Waals surface area contributed by atoms with E-state index in [0.29, 0.717) is 25.5 Å². The second-order valence-electron chi connectivity index (χ2n) is 5.92. The Morgan fingerprint density at radius 3 is 2.70 bits per heavy atom. The Kier molecular flexibility index (Phi) is 8.13. The highest BCUT2D eigenvalue weighted by Crippen LogP contribution is 2.20. The summed E-state index contributed by atoms with van der Waals surface area (Å²) >= 11 is 3.42. The summed E-state index contributed by atoms with van der Waals surface area (Å²) < 4.78 is 6.27. The van der Waals surface area contributed by atoms with Crippen LogP contribution in [0.25, 0.3) is 0 Å². The van der Waals surface area contributed by atoms with Crippen molar-refractivity contribution in [2.75, 3.05) is 26.0 Å². The van der Waals surface area contributed by atoms with Gasteiger partial charge in [-0.2, -0.15) is 0 Å². The Hall–Kier alpha value is -2.54. The van der Waals surface area contributed by atoms with Gasteiger partial charge in [-0.3, -0.25) is 9.79 Å². The van der Waals surface area contributed by atoms with Crippen LogP contribution in [0.15, 0.2) is 51.9 Å². The third-order valence-corrected chi connectivity index (χ3v) is 4.47. The number of anilines is 1. The summed E-state index contributed by atoms with van der Waals surface area (Å²) in [6.45, 7) is 3.02. The number of methoxy groups -OCH3 is 1. The van der Waals surface area contributed by atoms with E-state index >= 15 is 0 Å². The molecule has 0 aliphatic rings. The van der Waals surface area contributed by atoms with E-state index in [4.69, 9.17) is 4.74 Å². The van der Waals surface area contributed by atoms with Crippen LogP contribution in [-0.2, 0) is 11.3 Å². The lowest BCUT2D eigenvalue weighted by atomic mass is 10.2. The number of benzene rings is 2. The van der Waals surface area contributed by atoms with Gasteiger partial charge in [-0.05, 0) is 30.7 Å². The third-order valence-electron chi connectivity index (χ3n) is 3.98. The van der Waals surface area contributed by atoms with Gasteiger partial charge >= 0.3 is 0 Å². The highest BCUT2D eigenvalue weighted by Gasteiger charge is 2.07. The quantitative estimate of drug-likeness (QED) is 0.462. The van der Waals surface area contributed by atoms with Crippen molar-refractivity contribution in [2.24, 2.45) is 4.99 Å². The smallest absolute Gasteiger partial charge is 0.226 e. The molecule has 0 bridgehead atoms. The number of para-hydroxylation sites is 1. The molecule has 0 radical (unpaired) electrons. The van der Waals surface area contributed by atoms with Crippen LogP contribution in [0.3, 0.4) is 0 Å². The molecule has 2 aromatic carbocycles. The Labute approximate surface area is 168 Å². The van der Waals surface area contributed by atoms with Crippen molar-refractivity contribution in [1.82, 2.24) is 10.6 Å². The van der Waals surface area contributed by atoms with Crippen molar-refractivity contribution in [1.29, 1.82) is 0 Å². The molecule has 2 rings (SSSR count). The van der Waals surface area contributed by atoms with Crippen molar-refractivity contribution in [3.05, 3.63) is 58.1 Å². The first-order valence-corrected chi connectivity index (χ1v) is 9.45. The van der Waals surface area contributed by atoms with E-state index in [9.17, 15) is 4.79 Å². The van der Waals surface area contributed by atoms with E-state index in [1.54, 1.807) is 14.2 Å². The van der Waals surface area contributed by atoms with Gasteiger partial charge in [-0.15, -0.1) is 0 Å². The average molecular weight is 433 g/mol. The molecule has 0 heterocycles. The highest BCUT2D eigenvalue weighted by molar-refractivity contribution is 9.10. The predicted molar refractivity (Wildman–Crippen MR) is 113 cm³/mol. The molecular formula is C20H25BrN4O2. The number of amides is 1. The van der Waals surface area contributed by atoms with Crippen molar-refractivity contribution in [2.45, 2.75) is 19.9 Å². The number of hydrogen-bond acceptors (Lipinski definition) is 3. The van der Waals surface area contributed by atoms with Crippen LogP contribution in [0, 0.1) is 6.92 Å². The number of ether oxygens (including phenoxy) is 1. The number of guanidine groups is 1. The van der Waals surface area contributed by atoms with Crippen LogP contribution < -0.4 is 20.7 Å². The normalized spacial score (nSPS) is 11.0. The molecule has 0 spiro atoms. The minimum Gasteiger partial charge on any atom is -0.496 e. The fraction of sp³-hybridized carbons (Fsp3) is 0.300. The summed E-state index contributed by atoms with van der Waals surface area (Å²) in [6, 6.07) is 13.6. The van der Waals surface area contributed by atoms with E-state index in [1.165, 1.54) is 0 Å². The largest absolute Gasteiger partial charge is 0.496 e. The van der Waals surface area contributed by atoms with Crippen molar-refractivity contribution < 1.29 is 9.53 Å². The minimum absolute atomic E-state index is 0.0520. The SMILES string of the molecule is CN=C(NCCC(=O)Nc1cc(Br)ccc1C)NCc1ccccc1OC. The first kappa shape index (κ1) is 20.8. The van der Waals surface area contributed by atoms with Gasteiger partial charge in [0, 0.05) is 42.3 Å². The maximum absolute atomic E-state index is 12.2. The summed E-state index contributed by atoms with van der Waals surface area (Å²) in [5, 5.41) is 9.30. The lowest BCUT2D eigenvalue weighted by Crippen LogP contribution is -2.38. The van der Waals surface area contributed by atoms with Crippen molar-refractivity contribution >= 4 is 33.5 Å². The third kappa shape index (κ3) is 6.60. The van der Waals surface area contributed by atoms with Gasteiger partial charge < -0.3 is 20.7 Å². The fourth-order valence-corrected chi connectivity index (χ4v) is 2.85. The number of rotatable bonds is 7. The van der Waals surface area contributed by atoms with Gasteiger partial charge in [0.05, 0.1) is 7.11 Å². The molecule has 0 aromatic heterocycles. The van der Waals surface area contributed by atoms with E-state index in [2.05, 4.69) is 36.9 Å². The van der Waals surface area contributed by atoms with Gasteiger partial charge in [-0.25, -0.2) is 0 Å². The number of aliphatic imine (C=N–C) groups is 1. The second-order valence-corrected chi connectivity index (χ2v) is 6.84. The van der Waals surface area contributed by atoms with Gasteiger partial charge in [0.2, 0.25) is 5.91 Å². The molecule has 144 valence electrons. The second kappa shape index (κ2) is 10.6. The molecule has 0 saturated heterocycles. The Morgan fingerprint density at radius 2 is 1.96 bits per heavy atom. The monoisotopic (exact) mass is 432 g/mol. The number of nitrogens with one attached hydrogen (secondary N) is 3. The molecular weight excluding hydrogens is 408 g/mol. The zero-order chi connectivity index (χ0) is 19.6. The Morgan fingerprint density at radius 1 is 1.19 bits per heavy atom. The number of carbonyl (C=O) groups is 1. The summed E-state index contributed by atoms with van der Waals surface area (Å²) in [6.07, 6.45) is 0.335. The van der Waals surface area contributed by atoms with Crippen LogP contribution in [0.5, 0.6) is 5.75 Å². The van der Waals surface area contributed by atoms with Gasteiger partial charge in [0.25, 0.3) is 0 Å². The number of nitrogens with zero attached hydrogens (tertiary/aromatic N) is 1. The standard InChI is InChI=1S/C20H25BrN4O2/c1-14-8-9-16(21)12-17(14)25-19(26)10-11-23-20(22-2)24-13-15-6-4-5-7-18(15)27-3/h4-9,12H,10-11,13H2,1-3H3,(H,25,26)(H2,22,23,24). The van der Waals surface area contributed by atoms with Crippen LogP contribution >= 0.6 is 15.9 Å². The zero-order valence-corrected chi connectivity index (χ0v) is 17.4. The van der Waals surface area contributed by atoms with Crippen LogP contribution in [0.1, 0.15) is 17.5 Å². The maximum atomic E-state index is 12.2. The molecule has 0 saturated carbocycles. The molecule has 0 fully saturated rings. The van der Waals surface area contributed by atoms with E-state index < -0.39 is 0 Å². The maximum Gasteiger partial charge on any atom is 0.226 e. The lowest BCUT2D eigenvalue weighted by Gasteiger charge is -2.14. The number of carbonyl (C=O) groups excluding carboxylic acids is 1. The van der Waals surface area contributed by atoms with E-state index in [1.807, 2.05) is 49.4 Å². The summed E-state index contributed by atoms with van der Waals surface area (Å²) in [4.78, 5) is 16.3. The average Bonchev–Trinajstić information content (AvgIpc) is 2.67. The molecule has 0 unspecified atom stereocenters. The number of aryl methyl sites for hydroxylation is 1. The number of halogens is 1. The van der Waals surface area contributed by atoms with Crippen LogP contribution in [0.2, 0.25) is 0 Å². The molecule has 0 aliphatic heterocycles. The minimum atomic E-state index is -0.0520. The first-order chi connectivity index (χ1) is 13.0. The Bertz CT molecular complexity index is 808. The molecule has 0 aliphatic carbocycles. The summed E-state index contributed by atoms with van der Waals surface area (Å²) in [7, 11) is 3.35. The molecule has 27 heavy (non-hydrogen) atoms. The fourth-order valence-electron chi connectivity index (χ4n) is 2.48. The van der Waals surface area contributed by atoms with Crippen LogP contribution in [0.4, 0.5) is 5.69 Å². The Balaban J connectivity index is 1.79. The lowest BCUT2D eigenvalue weighted by molar-refractivity contribution is -0.116. The predicted octanol–water partition coefficient (Wildman–Crippen LogP) is 3.46. The molecule has 6 nitrogen and oxygen atoms in total. The zero-order valence-electron chi connectivity index (χ0n) is 15.8. The van der Waals surface area contributed by atoms with Gasteiger partial charge in [0.15, 0.2) is 5.96 Å². The summed E-state index contributed by atoms with van der Waals surface area (Å²) in [5.41, 5.74) is 2.87. The summed E-state index contributed by atoms with van der Waals surface area (Å²) in [5.74, 6) is 1.40. The molecule has 2 aromatic rings. The van der Waals surface area contributed by atoms with Crippen molar-refractivity contribution in [3.63, 3.8) is 0 Å². The molecule has 3 N–H and O–H groups in total. The van der Waals surface area contributed by atoms with Crippen LogP contribution in [-0.4, -0.2) is 32.6 Å². The molecule has 0 atom stereocenters. The molecule has 7 heteroatoms. The number of hydrogen-bond donors (Lipinski definition) is 3. The van der Waals surface area contributed by atoms with Crippen molar-refractivity contribution in [3.8, 4) is 5.75 Å². The van der Waals surface area contributed by atoms with Gasteiger partial charge in [0.1, 0.15) is 5.75 Å². The first-order valence-electron chi connectivity index (χ1n) is 8.66. The topological polar surface area (TPSA) is 74.8 Å².